The summed E-state index contributed by atoms with van der Waals surface area (Å²) in [6.45, 7) is 0.597. The summed E-state index contributed by atoms with van der Waals surface area (Å²) in [6.07, 6.45) is 1.24. The van der Waals surface area contributed by atoms with Crippen LogP contribution in [0.5, 0.6) is 0 Å². The minimum Gasteiger partial charge on any atom is -0.358 e. The molecule has 17 heavy (non-hydrogen) atoms. The van der Waals surface area contributed by atoms with Crippen molar-refractivity contribution in [1.29, 1.82) is 0 Å². The molecule has 1 heterocycles. The molecule has 1 saturated heterocycles. The van der Waals surface area contributed by atoms with Gasteiger partial charge in [0.2, 0.25) is 0 Å². The van der Waals surface area contributed by atoms with Crippen LogP contribution in [0.15, 0.2) is 18.2 Å². The molecule has 2 rings (SSSR count). The van der Waals surface area contributed by atoms with E-state index in [9.17, 15) is 13.6 Å². The Kier molecular flexibility index (Phi) is 3.53. The number of carbonyl (C=O) groups excluding carboxylic acids is 1. The van der Waals surface area contributed by atoms with Crippen LogP contribution >= 0.6 is 0 Å². The average molecular weight is 242 g/mol. The molecular weight excluding hydrogens is 230 g/mol. The maximum Gasteiger partial charge on any atom is 0.321 e. The summed E-state index contributed by atoms with van der Waals surface area (Å²) < 4.78 is 31.2. The summed E-state index contributed by atoms with van der Waals surface area (Å²) >= 11 is 0. The van der Waals surface area contributed by atoms with E-state index in [1.54, 1.807) is 0 Å². The number of hydrogen-bond acceptors (Lipinski definition) is 2. The molecule has 1 aromatic carbocycles. The molecule has 0 saturated carbocycles. The molecule has 1 aromatic rings. The highest BCUT2D eigenvalue weighted by molar-refractivity contribution is 5.89. The molecule has 0 aliphatic carbocycles. The molecule has 2 amide bonds. The second kappa shape index (κ2) is 5.09. The van der Waals surface area contributed by atoms with Gasteiger partial charge in [-0.2, -0.15) is 0 Å². The van der Waals surface area contributed by atoms with Crippen LogP contribution in [-0.2, 0) is 4.74 Å². The Bertz CT molecular complexity index is 420. The van der Waals surface area contributed by atoms with Crippen molar-refractivity contribution in [2.75, 3.05) is 11.9 Å². The highest BCUT2D eigenvalue weighted by Crippen LogP contribution is 2.15. The Morgan fingerprint density at radius 1 is 1.41 bits per heavy atom. The zero-order valence-electron chi connectivity index (χ0n) is 9.00. The SMILES string of the molecule is O=C(Nc1cc(F)ccc1F)NC1CCCO1. The predicted octanol–water partition coefficient (Wildman–Crippen LogP) is 2.22. The monoisotopic (exact) mass is 242 g/mol. The van der Waals surface area contributed by atoms with Gasteiger partial charge in [0.1, 0.15) is 17.9 Å². The lowest BCUT2D eigenvalue weighted by Crippen LogP contribution is -2.37. The number of halogens is 2. The van der Waals surface area contributed by atoms with Gasteiger partial charge in [-0.1, -0.05) is 0 Å². The summed E-state index contributed by atoms with van der Waals surface area (Å²) in [5.41, 5.74) is -0.194. The molecule has 1 aliphatic rings. The van der Waals surface area contributed by atoms with Gasteiger partial charge in [0.15, 0.2) is 0 Å². The van der Waals surface area contributed by atoms with Crippen LogP contribution in [0.4, 0.5) is 19.3 Å². The van der Waals surface area contributed by atoms with Crippen LogP contribution in [0.25, 0.3) is 0 Å². The maximum atomic E-state index is 13.2. The number of anilines is 1. The third kappa shape index (κ3) is 3.13. The second-order valence-corrected chi connectivity index (χ2v) is 3.72. The van der Waals surface area contributed by atoms with Gasteiger partial charge < -0.3 is 15.4 Å². The van der Waals surface area contributed by atoms with Crippen molar-refractivity contribution >= 4 is 11.7 Å². The van der Waals surface area contributed by atoms with E-state index in [0.29, 0.717) is 6.61 Å². The normalized spacial score (nSPS) is 19.1. The van der Waals surface area contributed by atoms with E-state index in [1.807, 2.05) is 0 Å². The average Bonchev–Trinajstić information content (AvgIpc) is 2.76. The Morgan fingerprint density at radius 3 is 2.94 bits per heavy atom. The molecule has 6 heteroatoms. The Labute approximate surface area is 97.0 Å². The van der Waals surface area contributed by atoms with Gasteiger partial charge in [0.25, 0.3) is 0 Å². The van der Waals surface area contributed by atoms with Crippen molar-refractivity contribution in [3.05, 3.63) is 29.8 Å². The van der Waals surface area contributed by atoms with Gasteiger partial charge >= 0.3 is 6.03 Å². The van der Waals surface area contributed by atoms with Crippen LogP contribution in [0.2, 0.25) is 0 Å². The van der Waals surface area contributed by atoms with Gasteiger partial charge in [-0.25, -0.2) is 13.6 Å². The minimum absolute atomic E-state index is 0.194. The molecule has 0 aromatic heterocycles. The third-order valence-corrected chi connectivity index (χ3v) is 2.40. The fourth-order valence-corrected chi connectivity index (χ4v) is 1.59. The minimum atomic E-state index is -0.686. The van der Waals surface area contributed by atoms with Gasteiger partial charge in [0, 0.05) is 12.7 Å². The zero-order valence-corrected chi connectivity index (χ0v) is 9.00. The van der Waals surface area contributed by atoms with Gasteiger partial charge in [0.05, 0.1) is 5.69 Å². The molecule has 1 aliphatic heterocycles. The van der Waals surface area contributed by atoms with E-state index >= 15 is 0 Å². The standard InChI is InChI=1S/C11H12F2N2O2/c12-7-3-4-8(13)9(6-7)14-11(16)15-10-2-1-5-17-10/h3-4,6,10H,1-2,5H2,(H2,14,15,16). The topological polar surface area (TPSA) is 50.4 Å². The molecule has 0 radical (unpaired) electrons. The van der Waals surface area contributed by atoms with Crippen LogP contribution in [0.1, 0.15) is 12.8 Å². The van der Waals surface area contributed by atoms with Gasteiger partial charge in [-0.3, -0.25) is 0 Å². The van der Waals surface area contributed by atoms with Crippen molar-refractivity contribution < 1.29 is 18.3 Å². The largest absolute Gasteiger partial charge is 0.358 e. The second-order valence-electron chi connectivity index (χ2n) is 3.72. The van der Waals surface area contributed by atoms with Crippen LogP contribution < -0.4 is 10.6 Å². The molecule has 1 unspecified atom stereocenters. The quantitative estimate of drug-likeness (QED) is 0.835. The van der Waals surface area contributed by atoms with Crippen LogP contribution in [0, 0.1) is 11.6 Å². The Balaban J connectivity index is 1.95. The highest BCUT2D eigenvalue weighted by atomic mass is 19.1. The summed E-state index contributed by atoms with van der Waals surface area (Å²) in [4.78, 5) is 11.4. The number of carbonyl (C=O) groups is 1. The van der Waals surface area contributed by atoms with E-state index in [4.69, 9.17) is 4.74 Å². The number of nitrogens with one attached hydrogen (secondary N) is 2. The van der Waals surface area contributed by atoms with E-state index in [-0.39, 0.29) is 11.9 Å². The molecule has 92 valence electrons. The smallest absolute Gasteiger partial charge is 0.321 e. The van der Waals surface area contributed by atoms with Crippen molar-refractivity contribution in [2.45, 2.75) is 19.1 Å². The van der Waals surface area contributed by atoms with Gasteiger partial charge in [-0.15, -0.1) is 0 Å². The van der Waals surface area contributed by atoms with Crippen molar-refractivity contribution in [3.63, 3.8) is 0 Å². The van der Waals surface area contributed by atoms with E-state index in [1.165, 1.54) is 0 Å². The first-order chi connectivity index (χ1) is 8.15. The van der Waals surface area contributed by atoms with Crippen molar-refractivity contribution in [2.24, 2.45) is 0 Å². The first-order valence-electron chi connectivity index (χ1n) is 5.29. The molecule has 1 fully saturated rings. The maximum absolute atomic E-state index is 13.2. The first kappa shape index (κ1) is 11.8. The third-order valence-electron chi connectivity index (χ3n) is 2.40. The lowest BCUT2D eigenvalue weighted by atomic mass is 10.3. The molecule has 4 nitrogen and oxygen atoms in total. The van der Waals surface area contributed by atoms with Gasteiger partial charge in [-0.05, 0) is 25.0 Å². The number of rotatable bonds is 2. The number of amides is 2. The predicted molar refractivity (Wildman–Crippen MR) is 57.5 cm³/mol. The van der Waals surface area contributed by atoms with Crippen LogP contribution in [-0.4, -0.2) is 18.9 Å². The van der Waals surface area contributed by atoms with Crippen molar-refractivity contribution in [1.82, 2.24) is 5.32 Å². The van der Waals surface area contributed by atoms with Crippen molar-refractivity contribution in [3.8, 4) is 0 Å². The summed E-state index contributed by atoms with van der Waals surface area (Å²) in [5.74, 6) is -1.30. The fourth-order valence-electron chi connectivity index (χ4n) is 1.59. The number of benzene rings is 1. The summed E-state index contributed by atoms with van der Waals surface area (Å²) in [5, 5.41) is 4.75. The molecule has 0 spiro atoms. The Morgan fingerprint density at radius 2 is 2.24 bits per heavy atom. The Hall–Kier alpha value is -1.69. The van der Waals surface area contributed by atoms with E-state index in [2.05, 4.69) is 10.6 Å². The lowest BCUT2D eigenvalue weighted by molar-refractivity contribution is 0.0928. The highest BCUT2D eigenvalue weighted by Gasteiger charge is 2.18. The lowest BCUT2D eigenvalue weighted by Gasteiger charge is -2.13. The summed E-state index contributed by atoms with van der Waals surface area (Å²) in [6, 6.07) is 2.25. The first-order valence-corrected chi connectivity index (χ1v) is 5.29. The summed E-state index contributed by atoms with van der Waals surface area (Å²) in [7, 11) is 0. The fraction of sp³-hybridized carbons (Fsp3) is 0.364. The molecular formula is C11H12F2N2O2. The molecule has 1 atom stereocenters. The molecule has 0 bridgehead atoms. The van der Waals surface area contributed by atoms with E-state index in [0.717, 1.165) is 31.0 Å². The van der Waals surface area contributed by atoms with E-state index < -0.39 is 17.7 Å². The molecule has 2 N–H and O–H groups in total. The zero-order chi connectivity index (χ0) is 12.3. The number of ether oxygens (including phenoxy) is 1. The van der Waals surface area contributed by atoms with Crippen LogP contribution in [0.3, 0.4) is 0 Å². The number of hydrogen-bond donors (Lipinski definition) is 2. The number of urea groups is 1.